The van der Waals surface area contributed by atoms with Crippen LogP contribution < -0.4 is 0 Å². The van der Waals surface area contributed by atoms with E-state index in [-0.39, 0.29) is 12.4 Å². The highest BCUT2D eigenvalue weighted by molar-refractivity contribution is 9.10. The van der Waals surface area contributed by atoms with Gasteiger partial charge in [0.05, 0.1) is 13.2 Å². The Hall–Kier alpha value is -0.710. The van der Waals surface area contributed by atoms with Crippen LogP contribution in [0.1, 0.15) is 17.3 Å². The molecule has 0 heterocycles. The summed E-state index contributed by atoms with van der Waals surface area (Å²) in [6.07, 6.45) is 0. The van der Waals surface area contributed by atoms with E-state index in [1.54, 1.807) is 12.1 Å². The van der Waals surface area contributed by atoms with Gasteiger partial charge in [0.15, 0.2) is 5.78 Å². The number of benzene rings is 1. The summed E-state index contributed by atoms with van der Waals surface area (Å²) in [6.45, 7) is 3.68. The van der Waals surface area contributed by atoms with Crippen molar-refractivity contribution in [3.63, 3.8) is 0 Å². The third-order valence-electron chi connectivity index (χ3n) is 1.96. The van der Waals surface area contributed by atoms with Gasteiger partial charge in [-0.05, 0) is 19.1 Å². The van der Waals surface area contributed by atoms with Gasteiger partial charge in [-0.25, -0.2) is 0 Å². The number of carbonyl (C=O) groups is 1. The zero-order valence-corrected chi connectivity index (χ0v) is 10.8. The van der Waals surface area contributed by atoms with Gasteiger partial charge in [0.25, 0.3) is 0 Å². The Morgan fingerprint density at radius 2 is 2.06 bits per heavy atom. The Kier molecular flexibility index (Phi) is 6.30. The Bertz CT molecular complexity index is 339. The molecule has 0 amide bonds. The quantitative estimate of drug-likeness (QED) is 0.571. The monoisotopic (exact) mass is 286 g/mol. The van der Waals surface area contributed by atoms with E-state index in [4.69, 9.17) is 9.47 Å². The zero-order valence-electron chi connectivity index (χ0n) is 9.24. The largest absolute Gasteiger partial charge is 0.379 e. The van der Waals surface area contributed by atoms with Gasteiger partial charge in [0.2, 0.25) is 0 Å². The van der Waals surface area contributed by atoms with E-state index in [2.05, 4.69) is 15.9 Å². The first kappa shape index (κ1) is 13.4. The zero-order chi connectivity index (χ0) is 11.8. The molecule has 16 heavy (non-hydrogen) atoms. The summed E-state index contributed by atoms with van der Waals surface area (Å²) < 4.78 is 11.2. The predicted octanol–water partition coefficient (Wildman–Crippen LogP) is 2.68. The Balaban J connectivity index is 2.30. The second-order valence-electron chi connectivity index (χ2n) is 3.18. The van der Waals surface area contributed by atoms with Crippen LogP contribution in [0.25, 0.3) is 0 Å². The number of hydrogen-bond donors (Lipinski definition) is 0. The molecule has 1 aromatic rings. The van der Waals surface area contributed by atoms with Gasteiger partial charge in [-0.15, -0.1) is 0 Å². The van der Waals surface area contributed by atoms with Gasteiger partial charge < -0.3 is 9.47 Å². The lowest BCUT2D eigenvalue weighted by Gasteiger charge is -2.04. The molecular weight excluding hydrogens is 272 g/mol. The normalized spacial score (nSPS) is 10.4. The second kappa shape index (κ2) is 7.54. The van der Waals surface area contributed by atoms with Gasteiger partial charge in [0, 0.05) is 16.6 Å². The summed E-state index contributed by atoms with van der Waals surface area (Å²) in [4.78, 5) is 11.6. The highest BCUT2D eigenvalue weighted by Gasteiger charge is 2.05. The number of halogens is 1. The summed E-state index contributed by atoms with van der Waals surface area (Å²) in [7, 11) is 0. The van der Waals surface area contributed by atoms with Crippen molar-refractivity contribution in [1.82, 2.24) is 0 Å². The van der Waals surface area contributed by atoms with Crippen LogP contribution in [-0.2, 0) is 9.47 Å². The summed E-state index contributed by atoms with van der Waals surface area (Å²) in [5.74, 6) is -0.0159. The molecule has 3 nitrogen and oxygen atoms in total. The lowest BCUT2D eigenvalue weighted by molar-refractivity contribution is 0.0475. The van der Waals surface area contributed by atoms with Crippen LogP contribution in [-0.4, -0.2) is 32.2 Å². The molecule has 0 saturated carbocycles. The molecule has 0 spiro atoms. The van der Waals surface area contributed by atoms with Crippen LogP contribution >= 0.6 is 15.9 Å². The molecule has 0 aliphatic carbocycles. The lowest BCUT2D eigenvalue weighted by Crippen LogP contribution is -2.12. The van der Waals surface area contributed by atoms with Crippen LogP contribution in [0.2, 0.25) is 0 Å². The van der Waals surface area contributed by atoms with Gasteiger partial charge in [0.1, 0.15) is 6.61 Å². The van der Waals surface area contributed by atoms with Crippen LogP contribution in [0, 0.1) is 0 Å². The molecule has 0 aliphatic rings. The van der Waals surface area contributed by atoms with Crippen molar-refractivity contribution >= 4 is 21.7 Å². The minimum Gasteiger partial charge on any atom is -0.379 e. The van der Waals surface area contributed by atoms with Crippen molar-refractivity contribution in [2.24, 2.45) is 0 Å². The molecule has 1 rings (SSSR count). The third kappa shape index (κ3) is 4.88. The van der Waals surface area contributed by atoms with E-state index in [1.165, 1.54) is 0 Å². The molecule has 0 aliphatic heterocycles. The first-order chi connectivity index (χ1) is 7.74. The van der Waals surface area contributed by atoms with E-state index >= 15 is 0 Å². The minimum absolute atomic E-state index is 0.0159. The second-order valence-corrected chi connectivity index (χ2v) is 4.10. The average molecular weight is 287 g/mol. The SMILES string of the molecule is CCOCCOCC(=O)c1cccc(Br)c1. The topological polar surface area (TPSA) is 35.5 Å². The molecule has 0 atom stereocenters. The fourth-order valence-electron chi connectivity index (χ4n) is 1.17. The molecule has 0 radical (unpaired) electrons. The van der Waals surface area contributed by atoms with E-state index in [9.17, 15) is 4.79 Å². The smallest absolute Gasteiger partial charge is 0.188 e. The molecule has 0 fully saturated rings. The first-order valence-corrected chi connectivity index (χ1v) is 5.97. The van der Waals surface area contributed by atoms with E-state index < -0.39 is 0 Å². The third-order valence-corrected chi connectivity index (χ3v) is 2.45. The Labute approximate surface area is 104 Å². The summed E-state index contributed by atoms with van der Waals surface area (Å²) in [5, 5.41) is 0. The standard InChI is InChI=1S/C12H15BrO3/c1-2-15-6-7-16-9-12(14)10-4-3-5-11(13)8-10/h3-5,8H,2,6-7,9H2,1H3. The summed E-state index contributed by atoms with van der Waals surface area (Å²) >= 11 is 3.32. The van der Waals surface area contributed by atoms with Crippen LogP contribution in [0.4, 0.5) is 0 Å². The fourth-order valence-corrected chi connectivity index (χ4v) is 1.57. The maximum absolute atomic E-state index is 11.6. The molecule has 0 N–H and O–H groups in total. The van der Waals surface area contributed by atoms with Crippen molar-refractivity contribution in [1.29, 1.82) is 0 Å². The van der Waals surface area contributed by atoms with Gasteiger partial charge in [-0.2, -0.15) is 0 Å². The molecule has 0 bridgehead atoms. The number of ketones is 1. The van der Waals surface area contributed by atoms with E-state index in [1.807, 2.05) is 19.1 Å². The lowest BCUT2D eigenvalue weighted by atomic mass is 10.1. The number of Topliss-reactive ketones (excluding diaryl/α,β-unsaturated/α-hetero) is 1. The van der Waals surface area contributed by atoms with E-state index in [0.29, 0.717) is 25.4 Å². The maximum atomic E-state index is 11.6. The van der Waals surface area contributed by atoms with Gasteiger partial charge in [-0.1, -0.05) is 28.1 Å². The molecule has 0 unspecified atom stereocenters. The van der Waals surface area contributed by atoms with Crippen molar-refractivity contribution < 1.29 is 14.3 Å². The van der Waals surface area contributed by atoms with Gasteiger partial charge in [-0.3, -0.25) is 4.79 Å². The number of ether oxygens (including phenoxy) is 2. The Morgan fingerprint density at radius 3 is 2.75 bits per heavy atom. The summed E-state index contributed by atoms with van der Waals surface area (Å²) in [5.41, 5.74) is 0.658. The van der Waals surface area contributed by atoms with Gasteiger partial charge >= 0.3 is 0 Å². The molecular formula is C12H15BrO3. The van der Waals surface area contributed by atoms with Crippen molar-refractivity contribution in [2.75, 3.05) is 26.4 Å². The van der Waals surface area contributed by atoms with Crippen molar-refractivity contribution in [2.45, 2.75) is 6.92 Å². The van der Waals surface area contributed by atoms with Crippen LogP contribution in [0.5, 0.6) is 0 Å². The fraction of sp³-hybridized carbons (Fsp3) is 0.417. The molecule has 1 aromatic carbocycles. The molecule has 88 valence electrons. The average Bonchev–Trinajstić information content (AvgIpc) is 2.28. The first-order valence-electron chi connectivity index (χ1n) is 5.18. The molecule has 0 aromatic heterocycles. The number of carbonyl (C=O) groups excluding carboxylic acids is 1. The number of hydrogen-bond acceptors (Lipinski definition) is 3. The van der Waals surface area contributed by atoms with Crippen molar-refractivity contribution in [3.05, 3.63) is 34.3 Å². The molecule has 0 saturated heterocycles. The van der Waals surface area contributed by atoms with Crippen LogP contribution in [0.15, 0.2) is 28.7 Å². The minimum atomic E-state index is -0.0159. The van der Waals surface area contributed by atoms with E-state index in [0.717, 1.165) is 4.47 Å². The van der Waals surface area contributed by atoms with Crippen molar-refractivity contribution in [3.8, 4) is 0 Å². The highest BCUT2D eigenvalue weighted by atomic mass is 79.9. The predicted molar refractivity (Wildman–Crippen MR) is 65.8 cm³/mol. The number of rotatable bonds is 7. The van der Waals surface area contributed by atoms with Crippen LogP contribution in [0.3, 0.4) is 0 Å². The highest BCUT2D eigenvalue weighted by Crippen LogP contribution is 2.12. The maximum Gasteiger partial charge on any atom is 0.188 e. The molecule has 4 heteroatoms. The Morgan fingerprint density at radius 1 is 1.31 bits per heavy atom. The summed E-state index contributed by atoms with van der Waals surface area (Å²) in [6, 6.07) is 7.28.